The van der Waals surface area contributed by atoms with Crippen LogP contribution in [-0.2, 0) is 6.42 Å². The quantitative estimate of drug-likeness (QED) is 0.496. The molecule has 0 spiro atoms. The third-order valence-corrected chi connectivity index (χ3v) is 3.46. The molecule has 112 valence electrons. The van der Waals surface area contributed by atoms with E-state index in [2.05, 4.69) is 43.0 Å². The summed E-state index contributed by atoms with van der Waals surface area (Å²) in [6, 6.07) is 12.6. The molecule has 0 bridgehead atoms. The van der Waals surface area contributed by atoms with Gasteiger partial charge >= 0.3 is 0 Å². The number of benzene rings is 2. The molecule has 0 fully saturated rings. The second-order valence-corrected chi connectivity index (χ2v) is 5.43. The molecule has 22 heavy (non-hydrogen) atoms. The molecule has 0 atom stereocenters. The summed E-state index contributed by atoms with van der Waals surface area (Å²) in [6.45, 7) is 2.13. The van der Waals surface area contributed by atoms with Gasteiger partial charge in [-0.1, -0.05) is 54.7 Å². The van der Waals surface area contributed by atoms with E-state index in [9.17, 15) is 4.39 Å². The van der Waals surface area contributed by atoms with Gasteiger partial charge in [0.15, 0.2) is 0 Å². The second-order valence-electron chi connectivity index (χ2n) is 4.99. The molecule has 2 aromatic rings. The van der Waals surface area contributed by atoms with E-state index in [1.807, 2.05) is 12.1 Å². The van der Waals surface area contributed by atoms with Crippen LogP contribution in [0.5, 0.6) is 0 Å². The summed E-state index contributed by atoms with van der Waals surface area (Å²) >= 11 is 5.72. The van der Waals surface area contributed by atoms with Crippen LogP contribution in [0.3, 0.4) is 0 Å². The average Bonchev–Trinajstić information content (AvgIpc) is 2.52. The lowest BCUT2D eigenvalue weighted by atomic mass is 10.1. The van der Waals surface area contributed by atoms with Crippen LogP contribution >= 0.6 is 11.6 Å². The van der Waals surface area contributed by atoms with Crippen molar-refractivity contribution in [3.63, 3.8) is 0 Å². The highest BCUT2D eigenvalue weighted by atomic mass is 35.5. The molecular formula is C20H18ClF. The predicted octanol–water partition coefficient (Wildman–Crippen LogP) is 5.78. The molecule has 0 nitrogen and oxygen atoms in total. The Balaban J connectivity index is 2.02. The zero-order valence-corrected chi connectivity index (χ0v) is 13.3. The van der Waals surface area contributed by atoms with Gasteiger partial charge in [0.05, 0.1) is 5.56 Å². The summed E-state index contributed by atoms with van der Waals surface area (Å²) in [4.78, 5) is 0. The van der Waals surface area contributed by atoms with Gasteiger partial charge in [0.1, 0.15) is 5.82 Å². The third-order valence-electron chi connectivity index (χ3n) is 3.23. The van der Waals surface area contributed by atoms with E-state index in [0.717, 1.165) is 24.8 Å². The van der Waals surface area contributed by atoms with Gasteiger partial charge in [-0.25, -0.2) is 4.39 Å². The summed E-state index contributed by atoms with van der Waals surface area (Å²) < 4.78 is 13.6. The molecular weight excluding hydrogens is 295 g/mol. The Morgan fingerprint density at radius 3 is 2.50 bits per heavy atom. The molecule has 0 aliphatic rings. The zero-order chi connectivity index (χ0) is 15.8. The monoisotopic (exact) mass is 312 g/mol. The minimum atomic E-state index is -0.390. The lowest BCUT2D eigenvalue weighted by Gasteiger charge is -1.99. The minimum Gasteiger partial charge on any atom is -0.206 e. The van der Waals surface area contributed by atoms with Crippen molar-refractivity contribution in [3.8, 4) is 11.8 Å². The standard InChI is InChI=1S/C20H18ClF/c1-2-3-4-5-6-16-7-9-17(10-8-16)11-12-18-13-14-19(21)15-20(18)22/h3-4,7-10,13-15H,2,5-6H2,1H3. The van der Waals surface area contributed by atoms with Gasteiger partial charge in [-0.3, -0.25) is 0 Å². The topological polar surface area (TPSA) is 0 Å². The smallest absolute Gasteiger partial charge is 0.140 e. The predicted molar refractivity (Wildman–Crippen MR) is 91.6 cm³/mol. The van der Waals surface area contributed by atoms with Crippen LogP contribution in [-0.4, -0.2) is 0 Å². The molecule has 0 saturated heterocycles. The van der Waals surface area contributed by atoms with Crippen LogP contribution in [0.1, 0.15) is 36.5 Å². The van der Waals surface area contributed by atoms with Gasteiger partial charge in [0.25, 0.3) is 0 Å². The summed E-state index contributed by atoms with van der Waals surface area (Å²) in [5.74, 6) is 5.43. The maximum Gasteiger partial charge on any atom is 0.140 e. The van der Waals surface area contributed by atoms with Crippen LogP contribution in [0.25, 0.3) is 0 Å². The highest BCUT2D eigenvalue weighted by Crippen LogP contribution is 2.14. The number of rotatable bonds is 4. The Kier molecular flexibility index (Phi) is 6.25. The van der Waals surface area contributed by atoms with E-state index in [1.165, 1.54) is 11.6 Å². The first-order chi connectivity index (χ1) is 10.7. The van der Waals surface area contributed by atoms with Gasteiger partial charge in [-0.2, -0.15) is 0 Å². The molecule has 2 rings (SSSR count). The van der Waals surface area contributed by atoms with Crippen molar-refractivity contribution in [2.45, 2.75) is 26.2 Å². The van der Waals surface area contributed by atoms with Crippen molar-refractivity contribution in [3.05, 3.63) is 82.1 Å². The lowest BCUT2D eigenvalue weighted by molar-refractivity contribution is 0.624. The van der Waals surface area contributed by atoms with Gasteiger partial charge in [-0.15, -0.1) is 0 Å². The first-order valence-electron chi connectivity index (χ1n) is 7.40. The molecule has 0 amide bonds. The maximum atomic E-state index is 13.6. The minimum absolute atomic E-state index is 0.359. The van der Waals surface area contributed by atoms with Gasteiger partial charge in [-0.05, 0) is 55.2 Å². The van der Waals surface area contributed by atoms with Crippen LogP contribution in [0, 0.1) is 17.7 Å². The molecule has 2 aromatic carbocycles. The fourth-order valence-corrected chi connectivity index (χ4v) is 2.18. The van der Waals surface area contributed by atoms with Crippen molar-refractivity contribution in [2.75, 3.05) is 0 Å². The number of halogens is 2. The highest BCUT2D eigenvalue weighted by molar-refractivity contribution is 6.30. The number of hydrogen-bond acceptors (Lipinski definition) is 0. The van der Waals surface area contributed by atoms with E-state index in [-0.39, 0.29) is 5.82 Å². The Morgan fingerprint density at radius 2 is 1.82 bits per heavy atom. The first kappa shape index (κ1) is 16.3. The van der Waals surface area contributed by atoms with Crippen molar-refractivity contribution in [1.82, 2.24) is 0 Å². The van der Waals surface area contributed by atoms with Gasteiger partial charge in [0.2, 0.25) is 0 Å². The SMILES string of the molecule is CCC=CCCc1ccc(C#Cc2ccc(Cl)cc2F)cc1. The molecule has 0 aliphatic carbocycles. The Labute approximate surface area is 136 Å². The van der Waals surface area contributed by atoms with E-state index in [4.69, 9.17) is 11.6 Å². The van der Waals surface area contributed by atoms with E-state index in [0.29, 0.717) is 10.6 Å². The average molecular weight is 313 g/mol. The fraction of sp³-hybridized carbons (Fsp3) is 0.200. The van der Waals surface area contributed by atoms with Crippen LogP contribution in [0.4, 0.5) is 4.39 Å². The van der Waals surface area contributed by atoms with Crippen LogP contribution in [0.2, 0.25) is 5.02 Å². The first-order valence-corrected chi connectivity index (χ1v) is 7.78. The Bertz CT molecular complexity index is 703. The summed E-state index contributed by atoms with van der Waals surface area (Å²) in [5.41, 5.74) is 2.52. The fourth-order valence-electron chi connectivity index (χ4n) is 2.02. The van der Waals surface area contributed by atoms with Crippen molar-refractivity contribution < 1.29 is 4.39 Å². The lowest BCUT2D eigenvalue weighted by Crippen LogP contribution is -1.85. The van der Waals surface area contributed by atoms with Crippen molar-refractivity contribution >= 4 is 11.6 Å². The van der Waals surface area contributed by atoms with E-state index >= 15 is 0 Å². The molecule has 0 radical (unpaired) electrons. The molecule has 0 saturated carbocycles. The van der Waals surface area contributed by atoms with Crippen molar-refractivity contribution in [1.29, 1.82) is 0 Å². The largest absolute Gasteiger partial charge is 0.206 e. The van der Waals surface area contributed by atoms with Crippen LogP contribution < -0.4 is 0 Å². The summed E-state index contributed by atoms with van der Waals surface area (Å²) in [7, 11) is 0. The Hall–Kier alpha value is -2.04. The third kappa shape index (κ3) is 5.06. The number of aryl methyl sites for hydroxylation is 1. The zero-order valence-electron chi connectivity index (χ0n) is 12.6. The summed E-state index contributed by atoms with van der Waals surface area (Å²) in [6.07, 6.45) is 7.54. The molecule has 0 aromatic heterocycles. The van der Waals surface area contributed by atoms with Crippen LogP contribution in [0.15, 0.2) is 54.6 Å². The molecule has 0 aliphatic heterocycles. The molecule has 0 unspecified atom stereocenters. The number of allylic oxidation sites excluding steroid dienone is 2. The molecule has 2 heteroatoms. The molecule has 0 heterocycles. The van der Waals surface area contributed by atoms with Gasteiger partial charge in [0, 0.05) is 10.6 Å². The normalized spacial score (nSPS) is 10.5. The maximum absolute atomic E-state index is 13.6. The Morgan fingerprint density at radius 1 is 1.05 bits per heavy atom. The summed E-state index contributed by atoms with van der Waals surface area (Å²) in [5, 5.41) is 0.379. The van der Waals surface area contributed by atoms with E-state index < -0.39 is 0 Å². The van der Waals surface area contributed by atoms with Crippen molar-refractivity contribution in [2.24, 2.45) is 0 Å². The second kappa shape index (κ2) is 8.41. The van der Waals surface area contributed by atoms with Gasteiger partial charge < -0.3 is 0 Å². The van der Waals surface area contributed by atoms with E-state index in [1.54, 1.807) is 12.1 Å². The number of hydrogen-bond donors (Lipinski definition) is 0. The highest BCUT2D eigenvalue weighted by Gasteiger charge is 1.99. The molecule has 0 N–H and O–H groups in total.